The van der Waals surface area contributed by atoms with Crippen LogP contribution >= 0.6 is 27.7 Å². The van der Waals surface area contributed by atoms with Crippen LogP contribution in [0.4, 0.5) is 14.5 Å². The molecule has 3 N–H and O–H groups in total. The van der Waals surface area contributed by atoms with Gasteiger partial charge in [0.15, 0.2) is 5.82 Å². The molecule has 0 aliphatic carbocycles. The van der Waals surface area contributed by atoms with Crippen LogP contribution in [0.5, 0.6) is 5.75 Å². The zero-order valence-electron chi connectivity index (χ0n) is 15.1. The normalized spacial score (nSPS) is 11.9. The van der Waals surface area contributed by atoms with Crippen LogP contribution in [-0.4, -0.2) is 26.0 Å². The van der Waals surface area contributed by atoms with Crippen molar-refractivity contribution in [1.29, 1.82) is 0 Å². The number of nitrogens with one attached hydrogen (secondary N) is 1. The molecular formula is C18H16BrF2N5O2S. The van der Waals surface area contributed by atoms with Crippen molar-refractivity contribution >= 4 is 39.3 Å². The first-order chi connectivity index (χ1) is 13.8. The number of ether oxygens (including phenoxy) is 1. The number of nitrogen functional groups attached to an aromatic ring is 1. The third-order valence-electron chi connectivity index (χ3n) is 3.76. The maximum Gasteiger partial charge on any atom is 0.237 e. The Bertz CT molecular complexity index is 1020. The number of carbonyl (C=O) groups is 1. The lowest BCUT2D eigenvalue weighted by Gasteiger charge is -2.12. The van der Waals surface area contributed by atoms with Crippen LogP contribution in [0.2, 0.25) is 0 Å². The van der Waals surface area contributed by atoms with Gasteiger partial charge in [-0.2, -0.15) is 0 Å². The molecule has 7 nitrogen and oxygen atoms in total. The minimum atomic E-state index is -0.615. The van der Waals surface area contributed by atoms with Gasteiger partial charge >= 0.3 is 0 Å². The maximum atomic E-state index is 13.9. The number of hydrogen-bond acceptors (Lipinski definition) is 6. The second-order valence-corrected chi connectivity index (χ2v) is 8.11. The fraction of sp³-hybridized carbons (Fsp3) is 0.167. The summed E-state index contributed by atoms with van der Waals surface area (Å²) in [5, 5.41) is 10.1. The van der Waals surface area contributed by atoms with E-state index in [4.69, 9.17) is 10.6 Å². The van der Waals surface area contributed by atoms with Gasteiger partial charge in [-0.1, -0.05) is 27.7 Å². The summed E-state index contributed by atoms with van der Waals surface area (Å²) < 4.78 is 34.1. The summed E-state index contributed by atoms with van der Waals surface area (Å²) in [6, 6.07) is 9.87. The van der Waals surface area contributed by atoms with E-state index in [2.05, 4.69) is 31.4 Å². The van der Waals surface area contributed by atoms with Crippen molar-refractivity contribution in [3.05, 3.63) is 64.4 Å². The number of hydrogen-bond donors (Lipinski definition) is 2. The summed E-state index contributed by atoms with van der Waals surface area (Å²) >= 11 is 4.23. The van der Waals surface area contributed by atoms with Crippen LogP contribution in [0, 0.1) is 11.6 Å². The van der Waals surface area contributed by atoms with Gasteiger partial charge in [0, 0.05) is 4.47 Å². The third kappa shape index (κ3) is 5.45. The van der Waals surface area contributed by atoms with E-state index < -0.39 is 17.0 Å². The van der Waals surface area contributed by atoms with E-state index in [-0.39, 0.29) is 18.1 Å². The Balaban J connectivity index is 1.59. The topological polar surface area (TPSA) is 95.1 Å². The quantitative estimate of drug-likeness (QED) is 0.392. The van der Waals surface area contributed by atoms with Gasteiger partial charge in [-0.25, -0.2) is 13.5 Å². The molecule has 3 rings (SSSR count). The van der Waals surface area contributed by atoms with Crippen molar-refractivity contribution in [3.63, 3.8) is 0 Å². The predicted octanol–water partition coefficient (Wildman–Crippen LogP) is 3.73. The van der Waals surface area contributed by atoms with Gasteiger partial charge < -0.3 is 15.9 Å². The van der Waals surface area contributed by atoms with E-state index in [0.29, 0.717) is 21.2 Å². The van der Waals surface area contributed by atoms with Crippen molar-refractivity contribution in [1.82, 2.24) is 14.9 Å². The molecular weight excluding hydrogens is 468 g/mol. The lowest BCUT2D eigenvalue weighted by molar-refractivity contribution is -0.115. The minimum Gasteiger partial charge on any atom is -0.486 e. The van der Waals surface area contributed by atoms with Gasteiger partial charge in [0.2, 0.25) is 11.1 Å². The Morgan fingerprint density at radius 3 is 2.69 bits per heavy atom. The number of halogens is 3. The smallest absolute Gasteiger partial charge is 0.237 e. The van der Waals surface area contributed by atoms with Gasteiger partial charge in [0.25, 0.3) is 0 Å². The average molecular weight is 484 g/mol. The second kappa shape index (κ2) is 9.23. The van der Waals surface area contributed by atoms with Gasteiger partial charge in [-0.3, -0.25) is 4.79 Å². The highest BCUT2D eigenvalue weighted by Gasteiger charge is 2.20. The lowest BCUT2D eigenvalue weighted by atomic mass is 10.3. The molecule has 3 aromatic rings. The standard InChI is InChI=1S/C18H16BrF2N5O2S/c1-10(17(27)23-15-7-2-11(19)8-14(15)21)29-18-25-24-16(26(18)22)9-28-13-5-3-12(20)4-6-13/h2-8,10H,9,22H2,1H3,(H,23,27). The van der Waals surface area contributed by atoms with E-state index in [1.807, 2.05) is 0 Å². The Hall–Kier alpha value is -2.66. The molecule has 1 aromatic heterocycles. The van der Waals surface area contributed by atoms with E-state index >= 15 is 0 Å². The van der Waals surface area contributed by atoms with Crippen molar-refractivity contribution < 1.29 is 18.3 Å². The Morgan fingerprint density at radius 1 is 1.28 bits per heavy atom. The molecule has 152 valence electrons. The molecule has 0 radical (unpaired) electrons. The molecule has 0 aliphatic rings. The summed E-state index contributed by atoms with van der Waals surface area (Å²) in [6.07, 6.45) is 0. The van der Waals surface area contributed by atoms with E-state index in [0.717, 1.165) is 11.8 Å². The predicted molar refractivity (Wildman–Crippen MR) is 109 cm³/mol. The fourth-order valence-corrected chi connectivity index (χ4v) is 3.32. The first-order valence-corrected chi connectivity index (χ1v) is 10.0. The van der Waals surface area contributed by atoms with Crippen LogP contribution in [-0.2, 0) is 11.4 Å². The number of nitrogens with zero attached hydrogens (tertiary/aromatic N) is 3. The van der Waals surface area contributed by atoms with Gasteiger partial charge in [0.05, 0.1) is 10.9 Å². The highest BCUT2D eigenvalue weighted by atomic mass is 79.9. The zero-order valence-corrected chi connectivity index (χ0v) is 17.5. The minimum absolute atomic E-state index is 0.0143. The highest BCUT2D eigenvalue weighted by Crippen LogP contribution is 2.24. The molecule has 11 heteroatoms. The molecule has 0 spiro atoms. The first-order valence-electron chi connectivity index (χ1n) is 8.34. The number of anilines is 1. The van der Waals surface area contributed by atoms with Gasteiger partial charge in [0.1, 0.15) is 24.0 Å². The number of thioether (sulfide) groups is 1. The molecule has 0 aliphatic heterocycles. The Morgan fingerprint density at radius 2 is 2.00 bits per heavy atom. The molecule has 1 atom stereocenters. The number of amides is 1. The van der Waals surface area contributed by atoms with Crippen molar-refractivity contribution in [3.8, 4) is 5.75 Å². The summed E-state index contributed by atoms with van der Waals surface area (Å²) in [7, 11) is 0. The fourth-order valence-electron chi connectivity index (χ4n) is 2.20. The van der Waals surface area contributed by atoms with Gasteiger partial charge in [-0.15, -0.1) is 10.2 Å². The number of rotatable bonds is 7. The number of benzene rings is 2. The van der Waals surface area contributed by atoms with E-state index in [1.165, 1.54) is 41.1 Å². The monoisotopic (exact) mass is 483 g/mol. The van der Waals surface area contributed by atoms with Crippen LogP contribution in [0.3, 0.4) is 0 Å². The van der Waals surface area contributed by atoms with Crippen molar-refractivity contribution in [2.24, 2.45) is 0 Å². The SMILES string of the molecule is CC(Sc1nnc(COc2ccc(F)cc2)n1N)C(=O)Nc1ccc(Br)cc1F. The highest BCUT2D eigenvalue weighted by molar-refractivity contribution is 9.10. The zero-order chi connectivity index (χ0) is 21.0. The third-order valence-corrected chi connectivity index (χ3v) is 5.31. The van der Waals surface area contributed by atoms with E-state index in [9.17, 15) is 13.6 Å². The molecule has 1 unspecified atom stereocenters. The number of nitrogens with two attached hydrogens (primary N) is 1. The molecule has 0 saturated heterocycles. The first kappa shape index (κ1) is 21.1. The maximum absolute atomic E-state index is 13.9. The van der Waals surface area contributed by atoms with Gasteiger partial charge in [-0.05, 0) is 49.4 Å². The van der Waals surface area contributed by atoms with Crippen LogP contribution in [0.15, 0.2) is 52.1 Å². The van der Waals surface area contributed by atoms with Crippen LogP contribution in [0.25, 0.3) is 0 Å². The number of aromatic nitrogens is 3. The Kier molecular flexibility index (Phi) is 6.70. The molecule has 0 bridgehead atoms. The average Bonchev–Trinajstić information content (AvgIpc) is 3.03. The largest absolute Gasteiger partial charge is 0.486 e. The van der Waals surface area contributed by atoms with Crippen molar-refractivity contribution in [2.45, 2.75) is 23.9 Å². The summed E-state index contributed by atoms with van der Waals surface area (Å²) in [5.41, 5.74) is 0.0771. The summed E-state index contributed by atoms with van der Waals surface area (Å²) in [4.78, 5) is 12.3. The summed E-state index contributed by atoms with van der Waals surface area (Å²) in [6.45, 7) is 1.65. The van der Waals surface area contributed by atoms with Crippen LogP contribution < -0.4 is 15.9 Å². The van der Waals surface area contributed by atoms with Crippen LogP contribution in [0.1, 0.15) is 12.7 Å². The molecule has 29 heavy (non-hydrogen) atoms. The molecule has 0 fully saturated rings. The molecule has 0 saturated carbocycles. The van der Waals surface area contributed by atoms with Crippen molar-refractivity contribution in [2.75, 3.05) is 11.2 Å². The van der Waals surface area contributed by atoms with E-state index in [1.54, 1.807) is 13.0 Å². The number of carbonyl (C=O) groups excluding carboxylic acids is 1. The summed E-state index contributed by atoms with van der Waals surface area (Å²) in [5.74, 6) is 5.41. The molecule has 2 aromatic carbocycles. The molecule has 1 heterocycles. The lowest BCUT2D eigenvalue weighted by Crippen LogP contribution is -2.24. The second-order valence-electron chi connectivity index (χ2n) is 5.88. The molecule has 1 amide bonds. The Labute approximate surface area is 177 Å².